The van der Waals surface area contributed by atoms with E-state index in [1.165, 1.54) is 6.33 Å². The Labute approximate surface area is 145 Å². The molecule has 2 aromatic heterocycles. The molecule has 24 heavy (non-hydrogen) atoms. The molecule has 3 atom stereocenters. The van der Waals surface area contributed by atoms with Gasteiger partial charge in [0.25, 0.3) is 0 Å². The van der Waals surface area contributed by atoms with Crippen molar-refractivity contribution < 1.29 is 9.53 Å². The Bertz CT molecular complexity index is 683. The number of nitrogens with two attached hydrogens (primary N) is 1. The summed E-state index contributed by atoms with van der Waals surface area (Å²) >= 11 is 0. The van der Waals surface area contributed by atoms with Gasteiger partial charge in [-0.05, 0) is 24.4 Å². The number of hydrogen-bond donors (Lipinski definition) is 2. The molecule has 0 radical (unpaired) electrons. The van der Waals surface area contributed by atoms with Crippen LogP contribution in [0, 0.1) is 17.3 Å². The molecule has 8 heteroatoms. The van der Waals surface area contributed by atoms with Gasteiger partial charge < -0.3 is 19.8 Å². The normalized spacial score (nSPS) is 16.5. The van der Waals surface area contributed by atoms with Gasteiger partial charge in [-0.2, -0.15) is 0 Å². The first-order valence-electron chi connectivity index (χ1n) is 8.36. The number of aliphatic hydroxyl groups excluding tert-OH is 1. The zero-order valence-electron chi connectivity index (χ0n) is 15.4. The molecule has 0 saturated carbocycles. The molecule has 134 valence electrons. The first-order valence-corrected chi connectivity index (χ1v) is 11.1. The minimum absolute atomic E-state index is 0.0396. The number of hydrogen-bond acceptors (Lipinski definition) is 6. The highest BCUT2D eigenvalue weighted by Crippen LogP contribution is 2.35. The summed E-state index contributed by atoms with van der Waals surface area (Å²) in [5.74, 6) is 0.524. The van der Waals surface area contributed by atoms with Gasteiger partial charge in [-0.3, -0.25) is 0 Å². The molecule has 0 fully saturated rings. The summed E-state index contributed by atoms with van der Waals surface area (Å²) in [5.41, 5.74) is 7.17. The van der Waals surface area contributed by atoms with E-state index in [9.17, 15) is 5.11 Å². The Hall–Kier alpha value is -1.51. The molecular weight excluding hydrogens is 322 g/mol. The summed E-state index contributed by atoms with van der Waals surface area (Å²) in [6.45, 7) is 13.4. The zero-order chi connectivity index (χ0) is 18.1. The molecule has 0 aromatic carbocycles. The van der Waals surface area contributed by atoms with Crippen molar-refractivity contribution in [3.63, 3.8) is 0 Å². The fraction of sp³-hybridized carbons (Fsp3) is 0.688. The molecule has 1 unspecified atom stereocenters. The van der Waals surface area contributed by atoms with Gasteiger partial charge in [0.1, 0.15) is 18.1 Å². The third kappa shape index (κ3) is 4.11. The molecule has 0 saturated heterocycles. The van der Waals surface area contributed by atoms with Gasteiger partial charge in [0.2, 0.25) is 0 Å². The fourth-order valence-corrected chi connectivity index (χ4v) is 3.54. The van der Waals surface area contributed by atoms with Crippen molar-refractivity contribution in [1.29, 1.82) is 0 Å². The maximum atomic E-state index is 10.7. The predicted molar refractivity (Wildman–Crippen MR) is 97.8 cm³/mol. The lowest BCUT2D eigenvalue weighted by atomic mass is 9.74. The third-order valence-corrected chi connectivity index (χ3v) is 5.45. The second-order valence-corrected chi connectivity index (χ2v) is 10.1. The van der Waals surface area contributed by atoms with Crippen molar-refractivity contribution in [3.05, 3.63) is 12.7 Å². The smallest absolute Gasteiger partial charge is 0.174 e. The number of nitrogens with zero attached hydrogens (tertiary/aromatic N) is 4. The summed E-state index contributed by atoms with van der Waals surface area (Å²) in [6, 6.07) is 0. The molecule has 0 aliphatic heterocycles. The largest absolute Gasteiger partial charge is 0.396 e. The van der Waals surface area contributed by atoms with Crippen LogP contribution in [0.5, 0.6) is 0 Å². The maximum absolute atomic E-state index is 10.7. The lowest BCUT2D eigenvalue weighted by Crippen LogP contribution is -2.39. The van der Waals surface area contributed by atoms with Gasteiger partial charge in [0, 0.05) is 12.5 Å². The number of nitrogen functional groups attached to an aromatic ring is 1. The Morgan fingerprint density at radius 1 is 1.29 bits per heavy atom. The van der Waals surface area contributed by atoms with Crippen molar-refractivity contribution >= 4 is 26.0 Å². The van der Waals surface area contributed by atoms with Crippen LogP contribution < -0.4 is 5.73 Å². The van der Waals surface area contributed by atoms with E-state index in [2.05, 4.69) is 55.7 Å². The van der Waals surface area contributed by atoms with E-state index in [0.717, 1.165) is 0 Å². The summed E-state index contributed by atoms with van der Waals surface area (Å²) in [4.78, 5) is 12.6. The Kier molecular flexibility index (Phi) is 5.62. The number of imidazole rings is 1. The van der Waals surface area contributed by atoms with Gasteiger partial charge in [-0.15, -0.1) is 0 Å². The average molecular weight is 352 g/mol. The molecule has 2 heterocycles. The SMILES string of the molecule is C[C@H]([C@H](Cn1cnc2c(N)ncnc21)C(O)O[SiH](C)C)C(C)(C)C. The van der Waals surface area contributed by atoms with E-state index in [1.54, 1.807) is 6.33 Å². The third-order valence-electron chi connectivity index (χ3n) is 4.62. The van der Waals surface area contributed by atoms with Gasteiger partial charge in [-0.25, -0.2) is 15.0 Å². The molecule has 0 aliphatic rings. The number of aliphatic hydroxyl groups is 1. The monoisotopic (exact) mass is 351 g/mol. The highest BCUT2D eigenvalue weighted by Gasteiger charge is 2.34. The number of rotatable bonds is 6. The van der Waals surface area contributed by atoms with E-state index >= 15 is 0 Å². The highest BCUT2D eigenvalue weighted by molar-refractivity contribution is 6.48. The number of fused-ring (bicyclic) bond motifs is 1. The molecule has 0 bridgehead atoms. The van der Waals surface area contributed by atoms with Gasteiger partial charge in [0.15, 0.2) is 20.5 Å². The minimum atomic E-state index is -1.35. The fourth-order valence-electron chi connectivity index (χ4n) is 2.78. The summed E-state index contributed by atoms with van der Waals surface area (Å²) in [6.07, 6.45) is 2.34. The number of anilines is 1. The molecule has 0 amide bonds. The van der Waals surface area contributed by atoms with Gasteiger partial charge >= 0.3 is 0 Å². The molecule has 0 aliphatic carbocycles. The van der Waals surface area contributed by atoms with E-state index in [1.807, 2.05) is 4.57 Å². The molecule has 0 spiro atoms. The maximum Gasteiger partial charge on any atom is 0.174 e. The topological polar surface area (TPSA) is 99.1 Å². The van der Waals surface area contributed by atoms with E-state index in [-0.39, 0.29) is 17.3 Å². The van der Waals surface area contributed by atoms with Crippen molar-refractivity contribution in [3.8, 4) is 0 Å². The molecular formula is C16H29N5O2Si. The average Bonchev–Trinajstić information content (AvgIpc) is 2.86. The van der Waals surface area contributed by atoms with E-state index < -0.39 is 15.3 Å². The van der Waals surface area contributed by atoms with E-state index in [4.69, 9.17) is 10.2 Å². The van der Waals surface area contributed by atoms with Gasteiger partial charge in [-0.1, -0.05) is 27.7 Å². The van der Waals surface area contributed by atoms with Crippen LogP contribution in [0.1, 0.15) is 27.7 Å². The van der Waals surface area contributed by atoms with Crippen LogP contribution in [0.4, 0.5) is 5.82 Å². The molecule has 2 aromatic rings. The van der Waals surface area contributed by atoms with Crippen LogP contribution in [0.25, 0.3) is 11.2 Å². The summed E-state index contributed by atoms with van der Waals surface area (Å²) < 4.78 is 7.74. The quantitative estimate of drug-likeness (QED) is 0.610. The van der Waals surface area contributed by atoms with Crippen molar-refractivity contribution in [1.82, 2.24) is 19.5 Å². The second-order valence-electron chi connectivity index (χ2n) is 7.72. The Balaban J connectivity index is 2.34. The van der Waals surface area contributed by atoms with E-state index in [0.29, 0.717) is 23.5 Å². The van der Waals surface area contributed by atoms with Crippen LogP contribution in [0.15, 0.2) is 12.7 Å². The first-order chi connectivity index (χ1) is 11.1. The summed E-state index contributed by atoms with van der Waals surface area (Å²) in [5, 5.41) is 10.7. The van der Waals surface area contributed by atoms with Crippen molar-refractivity contribution in [2.45, 2.75) is 53.6 Å². The second kappa shape index (κ2) is 7.16. The highest BCUT2D eigenvalue weighted by atomic mass is 28.3. The van der Waals surface area contributed by atoms with Gasteiger partial charge in [0.05, 0.1) is 6.33 Å². The molecule has 3 N–H and O–H groups in total. The standard InChI is InChI=1S/C16H29N5O2Si/c1-10(16(2,3)4)11(15(22)23-24(5)6)7-21-9-20-12-13(17)18-8-19-14(12)21/h8-11,15,22,24H,7H2,1-6H3,(H2,17,18,19)/t10-,11+,15?/m1/s1. The Morgan fingerprint density at radius 2 is 1.96 bits per heavy atom. The van der Waals surface area contributed by atoms with Crippen molar-refractivity contribution in [2.24, 2.45) is 17.3 Å². The minimum Gasteiger partial charge on any atom is -0.396 e. The lowest BCUT2D eigenvalue weighted by molar-refractivity contribution is -0.0995. The molecule has 7 nitrogen and oxygen atoms in total. The van der Waals surface area contributed by atoms with Crippen LogP contribution >= 0.6 is 0 Å². The lowest BCUT2D eigenvalue weighted by Gasteiger charge is -2.37. The summed E-state index contributed by atoms with van der Waals surface area (Å²) in [7, 11) is -1.35. The predicted octanol–water partition coefficient (Wildman–Crippen LogP) is 2.03. The van der Waals surface area contributed by atoms with Crippen LogP contribution in [0.2, 0.25) is 13.1 Å². The Morgan fingerprint density at radius 3 is 2.54 bits per heavy atom. The zero-order valence-corrected chi connectivity index (χ0v) is 16.5. The molecule has 2 rings (SSSR count). The van der Waals surface area contributed by atoms with Crippen LogP contribution in [-0.2, 0) is 11.0 Å². The van der Waals surface area contributed by atoms with Crippen LogP contribution in [0.3, 0.4) is 0 Å². The van der Waals surface area contributed by atoms with Crippen molar-refractivity contribution in [2.75, 3.05) is 5.73 Å². The first kappa shape index (κ1) is 18.8. The van der Waals surface area contributed by atoms with Crippen LogP contribution in [-0.4, -0.2) is 40.0 Å². The number of aromatic nitrogens is 4.